The van der Waals surface area contributed by atoms with Crippen molar-refractivity contribution in [1.29, 1.82) is 0 Å². The predicted octanol–water partition coefficient (Wildman–Crippen LogP) is 2.75. The fourth-order valence-corrected chi connectivity index (χ4v) is 3.61. The maximum atomic E-state index is 12.8. The number of imide groups is 1. The van der Waals surface area contributed by atoms with Gasteiger partial charge in [0.15, 0.2) is 6.61 Å². The summed E-state index contributed by atoms with van der Waals surface area (Å²) in [4.78, 5) is 41.7. The number of hydrogen-bond acceptors (Lipinski definition) is 6. The van der Waals surface area contributed by atoms with Crippen molar-refractivity contribution in [3.05, 3.63) is 65.2 Å². The number of ether oxygens (including phenoxy) is 1. The molecule has 1 fully saturated rings. The van der Waals surface area contributed by atoms with Crippen LogP contribution in [0.15, 0.2) is 54.0 Å². The lowest BCUT2D eigenvalue weighted by atomic mass is 10.1. The number of rotatable bonds is 5. The minimum atomic E-state index is -0.693. The van der Waals surface area contributed by atoms with E-state index >= 15 is 0 Å². The molecule has 1 saturated heterocycles. The molecule has 1 N–H and O–H groups in total. The molecule has 0 saturated carbocycles. The average molecular weight is 381 g/mol. The van der Waals surface area contributed by atoms with Gasteiger partial charge in [-0.15, -0.1) is 11.3 Å². The van der Waals surface area contributed by atoms with Gasteiger partial charge in [0.05, 0.1) is 28.3 Å². The first-order chi connectivity index (χ1) is 13.1. The molecule has 1 unspecified atom stereocenters. The summed E-state index contributed by atoms with van der Waals surface area (Å²) in [5.41, 5.74) is 3.84. The number of benzene rings is 2. The van der Waals surface area contributed by atoms with Crippen LogP contribution in [0.2, 0.25) is 0 Å². The molecule has 1 atom stereocenters. The Morgan fingerprint density at radius 2 is 2.04 bits per heavy atom. The van der Waals surface area contributed by atoms with E-state index in [2.05, 4.69) is 10.3 Å². The highest BCUT2D eigenvalue weighted by Crippen LogP contribution is 2.21. The average Bonchev–Trinajstić information content (AvgIpc) is 3.28. The molecule has 7 nitrogen and oxygen atoms in total. The molecule has 8 heteroatoms. The van der Waals surface area contributed by atoms with Gasteiger partial charge in [-0.1, -0.05) is 30.3 Å². The number of hydrogen-bond donors (Lipinski definition) is 1. The van der Waals surface area contributed by atoms with E-state index in [1.54, 1.807) is 23.7 Å². The van der Waals surface area contributed by atoms with Crippen molar-refractivity contribution >= 4 is 39.5 Å². The fraction of sp³-hybridized carbons (Fsp3) is 0.158. The van der Waals surface area contributed by atoms with E-state index in [0.717, 1.165) is 20.7 Å². The van der Waals surface area contributed by atoms with Crippen molar-refractivity contribution in [2.24, 2.45) is 0 Å². The first-order valence-corrected chi connectivity index (χ1v) is 9.16. The van der Waals surface area contributed by atoms with Crippen molar-refractivity contribution in [3.8, 4) is 0 Å². The molecule has 0 aliphatic carbocycles. The van der Waals surface area contributed by atoms with Gasteiger partial charge in [0.25, 0.3) is 11.8 Å². The topological polar surface area (TPSA) is 88.6 Å². The Hall–Kier alpha value is -3.26. The molecule has 136 valence electrons. The molecule has 0 bridgehead atoms. The molecular formula is C19H15N3O4S. The summed E-state index contributed by atoms with van der Waals surface area (Å²) in [6.07, 6.45) is -0.693. The van der Waals surface area contributed by atoms with Gasteiger partial charge in [0.1, 0.15) is 0 Å². The Kier molecular flexibility index (Phi) is 4.55. The van der Waals surface area contributed by atoms with Gasteiger partial charge < -0.3 is 10.1 Å². The standard InChI is InChI=1S/C19H15N3O4S/c23-17-10-26-19(25)22(17)9-15(12-4-2-1-3-5-12)21-18(24)13-6-7-14-16(8-13)27-11-20-14/h1-8,11,15H,9-10H2,(H,21,24). The van der Waals surface area contributed by atoms with Crippen LogP contribution in [0.4, 0.5) is 4.79 Å². The van der Waals surface area contributed by atoms with Crippen LogP contribution in [-0.2, 0) is 9.53 Å². The lowest BCUT2D eigenvalue weighted by Gasteiger charge is -2.23. The first-order valence-electron chi connectivity index (χ1n) is 8.28. The van der Waals surface area contributed by atoms with Crippen molar-refractivity contribution in [1.82, 2.24) is 15.2 Å². The number of aromatic nitrogens is 1. The molecule has 27 heavy (non-hydrogen) atoms. The van der Waals surface area contributed by atoms with E-state index in [-0.39, 0.29) is 19.1 Å². The molecule has 4 rings (SSSR count). The minimum absolute atomic E-state index is 0.0101. The highest BCUT2D eigenvalue weighted by atomic mass is 32.1. The SMILES string of the molecule is O=C(NC(CN1C(=O)COC1=O)c1ccccc1)c1ccc2ncsc2c1. The van der Waals surface area contributed by atoms with Crippen LogP contribution in [0.1, 0.15) is 22.0 Å². The molecular weight excluding hydrogens is 366 g/mol. The third kappa shape index (κ3) is 3.52. The number of nitrogens with zero attached hydrogens (tertiary/aromatic N) is 2. The zero-order chi connectivity index (χ0) is 18.8. The molecule has 3 amide bonds. The molecule has 1 aliphatic rings. The maximum Gasteiger partial charge on any atom is 0.417 e. The van der Waals surface area contributed by atoms with Gasteiger partial charge in [-0.3, -0.25) is 9.59 Å². The smallest absolute Gasteiger partial charge is 0.417 e. The molecule has 3 aromatic rings. The second-order valence-electron chi connectivity index (χ2n) is 6.03. The molecule has 1 aromatic heterocycles. The van der Waals surface area contributed by atoms with Gasteiger partial charge >= 0.3 is 6.09 Å². The number of fused-ring (bicyclic) bond motifs is 1. The third-order valence-corrected chi connectivity index (χ3v) is 5.10. The van der Waals surface area contributed by atoms with Crippen LogP contribution < -0.4 is 5.32 Å². The Morgan fingerprint density at radius 1 is 1.22 bits per heavy atom. The third-order valence-electron chi connectivity index (χ3n) is 4.31. The van der Waals surface area contributed by atoms with Gasteiger partial charge in [-0.05, 0) is 23.8 Å². The number of nitrogens with one attached hydrogen (secondary N) is 1. The zero-order valence-electron chi connectivity index (χ0n) is 14.1. The van der Waals surface area contributed by atoms with Crippen molar-refractivity contribution in [3.63, 3.8) is 0 Å². The minimum Gasteiger partial charge on any atom is -0.439 e. The number of cyclic esters (lactones) is 1. The Morgan fingerprint density at radius 3 is 2.78 bits per heavy atom. The van der Waals surface area contributed by atoms with E-state index in [0.29, 0.717) is 5.56 Å². The molecule has 2 heterocycles. The van der Waals surface area contributed by atoms with Crippen molar-refractivity contribution < 1.29 is 19.1 Å². The van der Waals surface area contributed by atoms with Gasteiger partial charge in [0.2, 0.25) is 0 Å². The Bertz CT molecular complexity index is 1000. The van der Waals surface area contributed by atoms with E-state index in [1.165, 1.54) is 11.3 Å². The van der Waals surface area contributed by atoms with Crippen molar-refractivity contribution in [2.45, 2.75) is 6.04 Å². The van der Waals surface area contributed by atoms with Crippen molar-refractivity contribution in [2.75, 3.05) is 13.2 Å². The summed E-state index contributed by atoms with van der Waals surface area (Å²) in [7, 11) is 0. The number of carbonyl (C=O) groups excluding carboxylic acids is 3. The maximum absolute atomic E-state index is 12.8. The normalized spacial score (nSPS) is 15.0. The fourth-order valence-electron chi connectivity index (χ4n) is 2.90. The van der Waals surface area contributed by atoms with Crippen LogP contribution in [-0.4, -0.2) is 40.9 Å². The highest BCUT2D eigenvalue weighted by molar-refractivity contribution is 7.16. The Balaban J connectivity index is 1.59. The van der Waals surface area contributed by atoms with Gasteiger partial charge in [-0.25, -0.2) is 14.7 Å². The van der Waals surface area contributed by atoms with E-state index in [4.69, 9.17) is 4.74 Å². The number of thiazole rings is 1. The lowest BCUT2D eigenvalue weighted by Crippen LogP contribution is -2.40. The van der Waals surface area contributed by atoms with Crippen LogP contribution >= 0.6 is 11.3 Å². The Labute approximate surface area is 158 Å². The molecule has 1 aliphatic heterocycles. The summed E-state index contributed by atoms with van der Waals surface area (Å²) in [6.45, 7) is -0.257. The molecule has 2 aromatic carbocycles. The lowest BCUT2D eigenvalue weighted by molar-refractivity contribution is -0.126. The van der Waals surface area contributed by atoms with Gasteiger partial charge in [0, 0.05) is 5.56 Å². The summed E-state index contributed by atoms with van der Waals surface area (Å²) in [5.74, 6) is -0.708. The molecule has 0 radical (unpaired) electrons. The summed E-state index contributed by atoms with van der Waals surface area (Å²) in [5, 5.41) is 2.92. The van der Waals surface area contributed by atoms with E-state index < -0.39 is 18.0 Å². The summed E-state index contributed by atoms with van der Waals surface area (Å²) < 4.78 is 5.68. The second kappa shape index (κ2) is 7.16. The van der Waals surface area contributed by atoms with E-state index in [9.17, 15) is 14.4 Å². The summed E-state index contributed by atoms with van der Waals surface area (Å²) >= 11 is 1.46. The monoisotopic (exact) mass is 381 g/mol. The van der Waals surface area contributed by atoms with Crippen LogP contribution in [0.5, 0.6) is 0 Å². The predicted molar refractivity (Wildman–Crippen MR) is 99.3 cm³/mol. The number of amides is 3. The van der Waals surface area contributed by atoms with E-state index in [1.807, 2.05) is 30.3 Å². The van der Waals surface area contributed by atoms with Gasteiger partial charge in [-0.2, -0.15) is 0 Å². The largest absolute Gasteiger partial charge is 0.439 e. The van der Waals surface area contributed by atoms with Crippen LogP contribution in [0.3, 0.4) is 0 Å². The quantitative estimate of drug-likeness (QED) is 0.734. The first kappa shape index (κ1) is 17.2. The highest BCUT2D eigenvalue weighted by Gasteiger charge is 2.33. The van der Waals surface area contributed by atoms with Crippen LogP contribution in [0.25, 0.3) is 10.2 Å². The number of carbonyl (C=O) groups is 3. The summed E-state index contributed by atoms with van der Waals surface area (Å²) in [6, 6.07) is 13.9. The van der Waals surface area contributed by atoms with Crippen LogP contribution in [0, 0.1) is 0 Å². The second-order valence-corrected chi connectivity index (χ2v) is 6.92. The zero-order valence-corrected chi connectivity index (χ0v) is 14.9. The molecule has 0 spiro atoms.